The van der Waals surface area contributed by atoms with Gasteiger partial charge in [-0.2, -0.15) is 0 Å². The Morgan fingerprint density at radius 2 is 2.20 bits per heavy atom. The molecule has 0 unspecified atom stereocenters. The molecular formula is C12H17N3. The van der Waals surface area contributed by atoms with Crippen molar-refractivity contribution in [3.63, 3.8) is 0 Å². The third-order valence-corrected chi connectivity index (χ3v) is 2.73. The summed E-state index contributed by atoms with van der Waals surface area (Å²) in [6.45, 7) is 5.17. The summed E-state index contributed by atoms with van der Waals surface area (Å²) in [5, 5.41) is 3.16. The van der Waals surface area contributed by atoms with Gasteiger partial charge >= 0.3 is 0 Å². The summed E-state index contributed by atoms with van der Waals surface area (Å²) < 4.78 is 2.17. The fraction of sp³-hybridized carbons (Fsp3) is 0.417. The maximum Gasteiger partial charge on any atom is 0.137 e. The summed E-state index contributed by atoms with van der Waals surface area (Å²) in [5.74, 6) is 0. The van der Waals surface area contributed by atoms with Gasteiger partial charge in [0.2, 0.25) is 0 Å². The minimum atomic E-state index is 0.898. The number of pyridine rings is 1. The van der Waals surface area contributed by atoms with E-state index < -0.39 is 0 Å². The van der Waals surface area contributed by atoms with Crippen molar-refractivity contribution in [2.24, 2.45) is 0 Å². The van der Waals surface area contributed by atoms with Gasteiger partial charge in [0.15, 0.2) is 0 Å². The monoisotopic (exact) mass is 203 g/mol. The molecule has 0 aliphatic heterocycles. The molecule has 3 heteroatoms. The van der Waals surface area contributed by atoms with E-state index in [1.165, 1.54) is 17.0 Å². The molecule has 0 saturated heterocycles. The van der Waals surface area contributed by atoms with Crippen molar-refractivity contribution in [3.05, 3.63) is 35.3 Å². The largest absolute Gasteiger partial charge is 0.316 e. The van der Waals surface area contributed by atoms with Crippen LogP contribution in [0.5, 0.6) is 0 Å². The molecule has 80 valence electrons. The number of aryl methyl sites for hydroxylation is 2. The van der Waals surface area contributed by atoms with E-state index in [1.54, 1.807) is 0 Å². The zero-order valence-electron chi connectivity index (χ0n) is 9.54. The smallest absolute Gasteiger partial charge is 0.137 e. The first-order chi connectivity index (χ1) is 7.26. The molecule has 0 amide bonds. The third-order valence-electron chi connectivity index (χ3n) is 2.73. The molecule has 0 aliphatic rings. The molecule has 2 aromatic heterocycles. The fourth-order valence-corrected chi connectivity index (χ4v) is 1.90. The first-order valence-electron chi connectivity index (χ1n) is 5.37. The summed E-state index contributed by atoms with van der Waals surface area (Å²) in [6.07, 6.45) is 3.15. The van der Waals surface area contributed by atoms with Crippen molar-refractivity contribution >= 4 is 5.65 Å². The first-order valence-corrected chi connectivity index (χ1v) is 5.37. The van der Waals surface area contributed by atoms with Crippen LogP contribution in [-0.2, 0) is 13.0 Å². The van der Waals surface area contributed by atoms with E-state index in [0.29, 0.717) is 0 Å². The van der Waals surface area contributed by atoms with Gasteiger partial charge in [0.1, 0.15) is 5.65 Å². The summed E-state index contributed by atoms with van der Waals surface area (Å²) >= 11 is 0. The number of hydrogen-bond acceptors (Lipinski definition) is 2. The summed E-state index contributed by atoms with van der Waals surface area (Å²) in [7, 11) is 1.96. The van der Waals surface area contributed by atoms with Crippen molar-refractivity contribution in [1.29, 1.82) is 0 Å². The number of rotatable bonds is 3. The highest BCUT2D eigenvalue weighted by atomic mass is 15.0. The van der Waals surface area contributed by atoms with E-state index in [4.69, 9.17) is 0 Å². The molecule has 0 saturated carbocycles. The van der Waals surface area contributed by atoms with Crippen LogP contribution < -0.4 is 5.32 Å². The van der Waals surface area contributed by atoms with E-state index in [0.717, 1.165) is 18.6 Å². The van der Waals surface area contributed by atoms with E-state index >= 15 is 0 Å². The fourth-order valence-electron chi connectivity index (χ4n) is 1.90. The lowest BCUT2D eigenvalue weighted by Gasteiger charge is -2.02. The lowest BCUT2D eigenvalue weighted by molar-refractivity contribution is 0.809. The lowest BCUT2D eigenvalue weighted by atomic mass is 10.2. The van der Waals surface area contributed by atoms with Crippen LogP contribution in [0.4, 0.5) is 0 Å². The van der Waals surface area contributed by atoms with Gasteiger partial charge in [-0.15, -0.1) is 0 Å². The molecule has 0 aromatic carbocycles. The number of imidazole rings is 1. The third kappa shape index (κ3) is 1.75. The Morgan fingerprint density at radius 1 is 1.40 bits per heavy atom. The molecule has 0 fully saturated rings. The van der Waals surface area contributed by atoms with Gasteiger partial charge in [-0.05, 0) is 32.0 Å². The SMILES string of the molecule is CCc1nc2ccc(CNC)cn2c1C. The molecule has 1 N–H and O–H groups in total. The van der Waals surface area contributed by atoms with Crippen molar-refractivity contribution in [2.45, 2.75) is 26.8 Å². The van der Waals surface area contributed by atoms with Gasteiger partial charge in [0.05, 0.1) is 5.69 Å². The Bertz CT molecular complexity index is 471. The van der Waals surface area contributed by atoms with E-state index in [2.05, 4.69) is 46.9 Å². The number of nitrogens with zero attached hydrogens (tertiary/aromatic N) is 2. The molecular weight excluding hydrogens is 186 g/mol. The minimum Gasteiger partial charge on any atom is -0.316 e. The molecule has 2 rings (SSSR count). The Labute approximate surface area is 90.1 Å². The Hall–Kier alpha value is -1.35. The highest BCUT2D eigenvalue weighted by Gasteiger charge is 2.06. The molecule has 0 atom stereocenters. The Morgan fingerprint density at radius 3 is 2.87 bits per heavy atom. The van der Waals surface area contributed by atoms with Gasteiger partial charge in [0, 0.05) is 18.4 Å². The van der Waals surface area contributed by atoms with E-state index in [-0.39, 0.29) is 0 Å². The van der Waals surface area contributed by atoms with Crippen LogP contribution in [0.25, 0.3) is 5.65 Å². The highest BCUT2D eigenvalue weighted by Crippen LogP contribution is 2.13. The zero-order valence-corrected chi connectivity index (χ0v) is 9.54. The second kappa shape index (κ2) is 4.03. The molecule has 2 heterocycles. The standard InChI is InChI=1S/C12H17N3/c1-4-11-9(2)15-8-10(7-13-3)5-6-12(15)14-11/h5-6,8,13H,4,7H2,1-3H3. The Balaban J connectivity index is 2.54. The van der Waals surface area contributed by atoms with Crippen LogP contribution in [0.15, 0.2) is 18.3 Å². The topological polar surface area (TPSA) is 29.3 Å². The van der Waals surface area contributed by atoms with Gasteiger partial charge in [-0.1, -0.05) is 13.0 Å². The molecule has 2 aromatic rings. The summed E-state index contributed by atoms with van der Waals surface area (Å²) in [4.78, 5) is 4.57. The maximum absolute atomic E-state index is 4.57. The maximum atomic E-state index is 4.57. The zero-order chi connectivity index (χ0) is 10.8. The molecule has 0 spiro atoms. The van der Waals surface area contributed by atoms with Crippen molar-refractivity contribution in [3.8, 4) is 0 Å². The van der Waals surface area contributed by atoms with Crippen LogP contribution in [0.2, 0.25) is 0 Å². The van der Waals surface area contributed by atoms with E-state index in [9.17, 15) is 0 Å². The summed E-state index contributed by atoms with van der Waals surface area (Å²) in [5.41, 5.74) is 4.78. The van der Waals surface area contributed by atoms with Crippen LogP contribution in [0.1, 0.15) is 23.9 Å². The molecule has 15 heavy (non-hydrogen) atoms. The molecule has 3 nitrogen and oxygen atoms in total. The van der Waals surface area contributed by atoms with Gasteiger partial charge in [-0.25, -0.2) is 4.98 Å². The highest BCUT2D eigenvalue weighted by molar-refractivity contribution is 5.44. The predicted octanol–water partition coefficient (Wildman–Crippen LogP) is 1.92. The second-order valence-electron chi connectivity index (χ2n) is 3.79. The molecule has 0 bridgehead atoms. The number of aromatic nitrogens is 2. The quantitative estimate of drug-likeness (QED) is 0.826. The normalized spacial score (nSPS) is 11.1. The van der Waals surface area contributed by atoms with Crippen LogP contribution in [-0.4, -0.2) is 16.4 Å². The van der Waals surface area contributed by atoms with Crippen LogP contribution in [0, 0.1) is 6.92 Å². The Kier molecular flexibility index (Phi) is 2.73. The van der Waals surface area contributed by atoms with Crippen molar-refractivity contribution in [2.75, 3.05) is 7.05 Å². The first kappa shape index (κ1) is 10.2. The van der Waals surface area contributed by atoms with Crippen LogP contribution >= 0.6 is 0 Å². The molecule has 0 radical (unpaired) electrons. The van der Waals surface area contributed by atoms with Gasteiger partial charge < -0.3 is 9.72 Å². The number of hydrogen-bond donors (Lipinski definition) is 1. The van der Waals surface area contributed by atoms with Gasteiger partial charge in [-0.3, -0.25) is 0 Å². The van der Waals surface area contributed by atoms with Gasteiger partial charge in [0.25, 0.3) is 0 Å². The average molecular weight is 203 g/mol. The summed E-state index contributed by atoms with van der Waals surface area (Å²) in [6, 6.07) is 4.20. The second-order valence-corrected chi connectivity index (χ2v) is 3.79. The van der Waals surface area contributed by atoms with Crippen molar-refractivity contribution < 1.29 is 0 Å². The average Bonchev–Trinajstić information content (AvgIpc) is 2.56. The van der Waals surface area contributed by atoms with Crippen molar-refractivity contribution in [1.82, 2.24) is 14.7 Å². The number of fused-ring (bicyclic) bond motifs is 1. The molecule has 0 aliphatic carbocycles. The minimum absolute atomic E-state index is 0.898. The van der Waals surface area contributed by atoms with E-state index in [1.807, 2.05) is 7.05 Å². The van der Waals surface area contributed by atoms with Crippen LogP contribution in [0.3, 0.4) is 0 Å². The predicted molar refractivity (Wildman–Crippen MR) is 62.1 cm³/mol. The lowest BCUT2D eigenvalue weighted by Crippen LogP contribution is -2.05. The number of nitrogens with one attached hydrogen (secondary N) is 1.